The molecule has 13 nitrogen and oxygen atoms in total. The normalized spacial score (nSPS) is 10.8. The number of carbonyl (C=O) groups excluding carboxylic acids is 1. The van der Waals surface area contributed by atoms with Gasteiger partial charge < -0.3 is 15.2 Å². The largest absolute Gasteiger partial charge is 0.502 e. The number of benzene rings is 1. The molecule has 1 amide bonds. The zero-order valence-corrected chi connectivity index (χ0v) is 13.7. The number of hydrogen-bond acceptors (Lipinski definition) is 9. The topological polar surface area (TPSA) is 179 Å². The van der Waals surface area contributed by atoms with Crippen LogP contribution >= 0.6 is 15.9 Å². The number of nitrogens with zero attached hydrogens (tertiary/aromatic N) is 6. The Labute approximate surface area is 146 Å². The molecule has 0 aliphatic carbocycles. The number of amides is 1. The molecule has 25 heavy (non-hydrogen) atoms. The second kappa shape index (κ2) is 7.43. The molecule has 0 bridgehead atoms. The van der Waals surface area contributed by atoms with Gasteiger partial charge in [0.1, 0.15) is 6.54 Å². The lowest BCUT2D eigenvalue weighted by atomic mass is 10.2. The van der Waals surface area contributed by atoms with Gasteiger partial charge in [0, 0.05) is 21.2 Å². The van der Waals surface area contributed by atoms with Crippen molar-refractivity contribution in [3.8, 4) is 5.75 Å². The first-order chi connectivity index (χ1) is 11.8. The average Bonchev–Trinajstić information content (AvgIpc) is 2.98. The molecule has 1 aromatic heterocycles. The van der Waals surface area contributed by atoms with E-state index in [-0.39, 0.29) is 12.1 Å². The van der Waals surface area contributed by atoms with Crippen molar-refractivity contribution in [2.75, 3.05) is 0 Å². The van der Waals surface area contributed by atoms with Crippen LogP contribution in [0.15, 0.2) is 28.0 Å². The molecule has 0 aliphatic heterocycles. The maximum absolute atomic E-state index is 11.6. The Hall–Kier alpha value is -3.42. The van der Waals surface area contributed by atoms with Crippen LogP contribution in [0.1, 0.15) is 5.56 Å². The molecule has 0 fully saturated rings. The number of hydrogen-bond donors (Lipinski definition) is 2. The number of carbonyl (C=O) groups is 1. The number of hydrazone groups is 1. The highest BCUT2D eigenvalue weighted by molar-refractivity contribution is 9.10. The molecule has 2 rings (SSSR count). The summed E-state index contributed by atoms with van der Waals surface area (Å²) in [5.74, 6) is -1.94. The summed E-state index contributed by atoms with van der Waals surface area (Å²) in [6.07, 6.45) is 2.01. The molecule has 0 saturated carbocycles. The predicted molar refractivity (Wildman–Crippen MR) is 84.9 cm³/mol. The van der Waals surface area contributed by atoms with Gasteiger partial charge in [-0.15, -0.1) is 0 Å². The first-order valence-corrected chi connectivity index (χ1v) is 7.10. The van der Waals surface area contributed by atoms with Crippen molar-refractivity contribution in [3.63, 3.8) is 0 Å². The molecule has 1 aromatic carbocycles. The van der Waals surface area contributed by atoms with E-state index in [1.165, 1.54) is 6.07 Å². The molecule has 1 heterocycles. The molecule has 0 radical (unpaired) electrons. The SMILES string of the molecule is O=C(Cn1cnc([N+](=O)[O-])n1)N/N=C\c1cc(Br)cc([N+](=O)[O-])c1O. The summed E-state index contributed by atoms with van der Waals surface area (Å²) in [6, 6.07) is 2.47. The van der Waals surface area contributed by atoms with Crippen LogP contribution in [-0.2, 0) is 11.3 Å². The number of rotatable bonds is 6. The zero-order valence-electron chi connectivity index (χ0n) is 12.1. The van der Waals surface area contributed by atoms with E-state index in [4.69, 9.17) is 0 Å². The molecule has 130 valence electrons. The molecule has 0 aliphatic rings. The van der Waals surface area contributed by atoms with E-state index in [1.807, 2.05) is 0 Å². The van der Waals surface area contributed by atoms with Crippen molar-refractivity contribution in [1.82, 2.24) is 20.2 Å². The zero-order chi connectivity index (χ0) is 18.6. The van der Waals surface area contributed by atoms with Gasteiger partial charge in [-0.25, -0.2) is 5.43 Å². The van der Waals surface area contributed by atoms with Crippen molar-refractivity contribution in [3.05, 3.63) is 48.7 Å². The standard InChI is InChI=1S/C11H8BrN7O6/c12-7-1-6(10(21)8(2-7)18(22)23)3-14-15-9(20)4-17-5-13-11(16-17)19(24)25/h1-3,5,21H,4H2,(H,15,20)/b14-3-. The Morgan fingerprint density at radius 1 is 1.40 bits per heavy atom. The van der Waals surface area contributed by atoms with Crippen LogP contribution in [0, 0.1) is 20.2 Å². The number of aromatic hydroxyl groups is 1. The summed E-state index contributed by atoms with van der Waals surface area (Å²) in [4.78, 5) is 34.7. The van der Waals surface area contributed by atoms with Crippen LogP contribution in [0.4, 0.5) is 11.6 Å². The Morgan fingerprint density at radius 3 is 2.72 bits per heavy atom. The maximum atomic E-state index is 11.6. The highest BCUT2D eigenvalue weighted by Crippen LogP contribution is 2.32. The van der Waals surface area contributed by atoms with Crippen molar-refractivity contribution in [2.24, 2.45) is 5.10 Å². The minimum atomic E-state index is -0.810. The number of halogens is 1. The summed E-state index contributed by atoms with van der Waals surface area (Å²) in [5.41, 5.74) is 1.56. The molecule has 0 atom stereocenters. The first-order valence-electron chi connectivity index (χ1n) is 6.30. The summed E-state index contributed by atoms with van der Waals surface area (Å²) in [7, 11) is 0. The number of nitrogens with one attached hydrogen (secondary N) is 1. The fraction of sp³-hybridized carbons (Fsp3) is 0.0909. The van der Waals surface area contributed by atoms with Crippen molar-refractivity contribution in [2.45, 2.75) is 6.54 Å². The van der Waals surface area contributed by atoms with Crippen LogP contribution in [0.5, 0.6) is 5.75 Å². The number of nitro benzene ring substituents is 1. The van der Waals surface area contributed by atoms with Gasteiger partial charge in [-0.1, -0.05) is 20.9 Å². The Bertz CT molecular complexity index is 880. The minimum Gasteiger partial charge on any atom is -0.502 e. The van der Waals surface area contributed by atoms with E-state index in [2.05, 4.69) is 36.5 Å². The van der Waals surface area contributed by atoms with Crippen LogP contribution in [0.3, 0.4) is 0 Å². The highest BCUT2D eigenvalue weighted by Gasteiger charge is 2.18. The van der Waals surface area contributed by atoms with Crippen LogP contribution in [0.2, 0.25) is 0 Å². The van der Waals surface area contributed by atoms with Crippen molar-refractivity contribution in [1.29, 1.82) is 0 Å². The van der Waals surface area contributed by atoms with Gasteiger partial charge >= 0.3 is 11.6 Å². The van der Waals surface area contributed by atoms with Crippen molar-refractivity contribution < 1.29 is 19.7 Å². The molecule has 2 aromatic rings. The van der Waals surface area contributed by atoms with Gasteiger partial charge in [0.05, 0.1) is 11.1 Å². The van der Waals surface area contributed by atoms with Gasteiger partial charge in [-0.3, -0.25) is 14.9 Å². The van der Waals surface area contributed by atoms with E-state index < -0.39 is 33.1 Å². The molecular formula is C11H8BrN7O6. The van der Waals surface area contributed by atoms with E-state index in [0.717, 1.165) is 23.3 Å². The maximum Gasteiger partial charge on any atom is 0.490 e. The molecule has 0 spiro atoms. The van der Waals surface area contributed by atoms with E-state index in [9.17, 15) is 30.1 Å². The number of phenols is 1. The van der Waals surface area contributed by atoms with Crippen molar-refractivity contribution >= 4 is 39.7 Å². The third-order valence-electron chi connectivity index (χ3n) is 2.67. The molecule has 14 heteroatoms. The number of aromatic nitrogens is 3. The fourth-order valence-electron chi connectivity index (χ4n) is 1.64. The molecule has 0 unspecified atom stereocenters. The third-order valence-corrected chi connectivity index (χ3v) is 3.12. The lowest BCUT2D eigenvalue weighted by molar-refractivity contribution is -0.394. The third kappa shape index (κ3) is 4.54. The Kier molecular flexibility index (Phi) is 5.33. The quantitative estimate of drug-likeness (QED) is 0.394. The average molecular weight is 414 g/mol. The second-order valence-corrected chi connectivity index (χ2v) is 5.33. The van der Waals surface area contributed by atoms with Gasteiger partial charge in [0.15, 0.2) is 0 Å². The molecule has 2 N–H and O–H groups in total. The lowest BCUT2D eigenvalue weighted by Gasteiger charge is -2.02. The van der Waals surface area contributed by atoms with Crippen LogP contribution in [-0.4, -0.2) is 41.8 Å². The smallest absolute Gasteiger partial charge is 0.490 e. The van der Waals surface area contributed by atoms with Gasteiger partial charge in [-0.2, -0.15) is 9.78 Å². The highest BCUT2D eigenvalue weighted by atomic mass is 79.9. The first kappa shape index (κ1) is 17.9. The summed E-state index contributed by atoms with van der Waals surface area (Å²) in [6.45, 7) is -0.386. The van der Waals surface area contributed by atoms with Crippen LogP contribution in [0.25, 0.3) is 0 Å². The second-order valence-electron chi connectivity index (χ2n) is 4.41. The van der Waals surface area contributed by atoms with Gasteiger partial charge in [0.2, 0.25) is 12.1 Å². The fourth-order valence-corrected chi connectivity index (χ4v) is 2.11. The summed E-state index contributed by atoms with van der Waals surface area (Å²) < 4.78 is 1.27. The molecular weight excluding hydrogens is 406 g/mol. The van der Waals surface area contributed by atoms with E-state index >= 15 is 0 Å². The monoisotopic (exact) mass is 413 g/mol. The number of nitro groups is 2. The number of phenolic OH excluding ortho intramolecular Hbond substituents is 1. The van der Waals surface area contributed by atoms with Gasteiger partial charge in [-0.05, 0) is 11.0 Å². The molecule has 0 saturated heterocycles. The summed E-state index contributed by atoms with van der Waals surface area (Å²) in [5, 5.41) is 38.0. The van der Waals surface area contributed by atoms with Crippen LogP contribution < -0.4 is 5.43 Å². The Balaban J connectivity index is 2.04. The predicted octanol–water partition coefficient (Wildman–Crippen LogP) is 0.713. The summed E-state index contributed by atoms with van der Waals surface area (Å²) >= 11 is 3.06. The minimum absolute atomic E-state index is 0.00207. The lowest BCUT2D eigenvalue weighted by Crippen LogP contribution is -2.23. The van der Waals surface area contributed by atoms with E-state index in [1.54, 1.807) is 0 Å². The van der Waals surface area contributed by atoms with Gasteiger partial charge in [0.25, 0.3) is 5.91 Å². The van der Waals surface area contributed by atoms with E-state index in [0.29, 0.717) is 4.47 Å². The Morgan fingerprint density at radius 2 is 2.12 bits per heavy atom.